The van der Waals surface area contributed by atoms with Crippen molar-refractivity contribution in [2.45, 2.75) is 51.2 Å². The van der Waals surface area contributed by atoms with Crippen LogP contribution in [0.4, 0.5) is 0 Å². The largest absolute Gasteiger partial charge is 0.382 e. The number of carbonyl (C=O) groups excluding carboxylic acids is 1. The summed E-state index contributed by atoms with van der Waals surface area (Å²) in [4.78, 5) is 11.7. The molecule has 1 saturated carbocycles. The van der Waals surface area contributed by atoms with Crippen LogP contribution >= 0.6 is 0 Å². The minimum atomic E-state index is 0.134. The van der Waals surface area contributed by atoms with Gasteiger partial charge in [-0.05, 0) is 38.6 Å². The molecule has 0 aromatic rings. The maximum atomic E-state index is 11.7. The molecule has 0 aliphatic heterocycles. The zero-order chi connectivity index (χ0) is 12.0. The Morgan fingerprint density at radius 1 is 1.56 bits per heavy atom. The van der Waals surface area contributed by atoms with Crippen LogP contribution in [0.25, 0.3) is 0 Å². The van der Waals surface area contributed by atoms with E-state index in [2.05, 4.69) is 5.32 Å². The summed E-state index contributed by atoms with van der Waals surface area (Å²) in [5.41, 5.74) is 5.67. The maximum Gasteiger partial charge on any atom is 0.220 e. The molecule has 1 fully saturated rings. The molecule has 3 unspecified atom stereocenters. The molecule has 0 bridgehead atoms. The van der Waals surface area contributed by atoms with Crippen molar-refractivity contribution < 1.29 is 9.53 Å². The molecule has 0 radical (unpaired) electrons. The summed E-state index contributed by atoms with van der Waals surface area (Å²) >= 11 is 0. The van der Waals surface area contributed by atoms with Crippen molar-refractivity contribution in [2.75, 3.05) is 13.7 Å². The van der Waals surface area contributed by atoms with Gasteiger partial charge in [-0.15, -0.1) is 0 Å². The molecule has 94 valence electrons. The van der Waals surface area contributed by atoms with E-state index in [-0.39, 0.29) is 12.0 Å². The Morgan fingerprint density at radius 3 is 2.94 bits per heavy atom. The lowest BCUT2D eigenvalue weighted by atomic mass is 10.0. The van der Waals surface area contributed by atoms with Crippen molar-refractivity contribution in [1.82, 2.24) is 5.32 Å². The van der Waals surface area contributed by atoms with Crippen molar-refractivity contribution >= 4 is 5.91 Å². The summed E-state index contributed by atoms with van der Waals surface area (Å²) < 4.78 is 5.11. The van der Waals surface area contributed by atoms with Crippen molar-refractivity contribution in [2.24, 2.45) is 11.7 Å². The van der Waals surface area contributed by atoms with Gasteiger partial charge in [0, 0.05) is 19.6 Å². The number of carbonyl (C=O) groups is 1. The first-order chi connectivity index (χ1) is 7.67. The molecule has 0 aromatic heterocycles. The van der Waals surface area contributed by atoms with Crippen LogP contribution in [0.5, 0.6) is 0 Å². The molecular weight excluding hydrogens is 204 g/mol. The Hall–Kier alpha value is -0.610. The van der Waals surface area contributed by atoms with E-state index < -0.39 is 0 Å². The Labute approximate surface area is 97.9 Å². The van der Waals surface area contributed by atoms with E-state index in [0.717, 1.165) is 19.3 Å². The van der Waals surface area contributed by atoms with E-state index in [1.54, 1.807) is 7.11 Å². The van der Waals surface area contributed by atoms with Gasteiger partial charge in [-0.25, -0.2) is 0 Å². The van der Waals surface area contributed by atoms with E-state index in [1.165, 1.54) is 6.42 Å². The second kappa shape index (κ2) is 6.86. The molecule has 16 heavy (non-hydrogen) atoms. The van der Waals surface area contributed by atoms with Crippen molar-refractivity contribution in [3.63, 3.8) is 0 Å². The standard InChI is InChI=1S/C12H24N2O2/c1-9(16-2)6-7-12(15)14-11-5-3-4-10(11)8-13/h9-11H,3-8,13H2,1-2H3,(H,14,15). The predicted molar refractivity (Wildman–Crippen MR) is 64.0 cm³/mol. The second-order valence-electron chi connectivity index (χ2n) is 4.69. The normalized spacial score (nSPS) is 26.7. The molecule has 1 aliphatic rings. The quantitative estimate of drug-likeness (QED) is 0.714. The number of ether oxygens (including phenoxy) is 1. The van der Waals surface area contributed by atoms with Crippen LogP contribution in [0, 0.1) is 5.92 Å². The fourth-order valence-electron chi connectivity index (χ4n) is 2.24. The average molecular weight is 228 g/mol. The third kappa shape index (κ3) is 4.10. The van der Waals surface area contributed by atoms with Gasteiger partial charge in [-0.1, -0.05) is 6.42 Å². The highest BCUT2D eigenvalue weighted by Crippen LogP contribution is 2.24. The number of nitrogens with two attached hydrogens (primary N) is 1. The van der Waals surface area contributed by atoms with E-state index in [4.69, 9.17) is 10.5 Å². The highest BCUT2D eigenvalue weighted by Gasteiger charge is 2.27. The minimum Gasteiger partial charge on any atom is -0.382 e. The van der Waals surface area contributed by atoms with Gasteiger partial charge in [-0.2, -0.15) is 0 Å². The summed E-state index contributed by atoms with van der Waals surface area (Å²) in [5.74, 6) is 0.609. The Morgan fingerprint density at radius 2 is 2.31 bits per heavy atom. The van der Waals surface area contributed by atoms with Crippen LogP contribution in [0.3, 0.4) is 0 Å². The van der Waals surface area contributed by atoms with Gasteiger partial charge in [0.25, 0.3) is 0 Å². The monoisotopic (exact) mass is 228 g/mol. The van der Waals surface area contributed by atoms with Gasteiger partial charge in [-0.3, -0.25) is 4.79 Å². The van der Waals surface area contributed by atoms with E-state index >= 15 is 0 Å². The van der Waals surface area contributed by atoms with E-state index in [0.29, 0.717) is 24.9 Å². The van der Waals surface area contributed by atoms with Crippen LogP contribution in [-0.4, -0.2) is 31.7 Å². The van der Waals surface area contributed by atoms with Crippen LogP contribution < -0.4 is 11.1 Å². The number of nitrogens with one attached hydrogen (secondary N) is 1. The first-order valence-electron chi connectivity index (χ1n) is 6.19. The molecular formula is C12H24N2O2. The minimum absolute atomic E-state index is 0.134. The summed E-state index contributed by atoms with van der Waals surface area (Å²) in [6.07, 6.45) is 4.88. The van der Waals surface area contributed by atoms with Crippen molar-refractivity contribution in [1.29, 1.82) is 0 Å². The van der Waals surface area contributed by atoms with Crippen LogP contribution in [-0.2, 0) is 9.53 Å². The first kappa shape index (κ1) is 13.5. The fraction of sp³-hybridized carbons (Fsp3) is 0.917. The van der Waals surface area contributed by atoms with Gasteiger partial charge in [0.1, 0.15) is 0 Å². The second-order valence-corrected chi connectivity index (χ2v) is 4.69. The Kier molecular flexibility index (Phi) is 5.77. The highest BCUT2D eigenvalue weighted by molar-refractivity contribution is 5.76. The van der Waals surface area contributed by atoms with Gasteiger partial charge >= 0.3 is 0 Å². The lowest BCUT2D eigenvalue weighted by molar-refractivity contribution is -0.122. The molecule has 3 atom stereocenters. The van der Waals surface area contributed by atoms with Gasteiger partial charge in [0.05, 0.1) is 6.10 Å². The highest BCUT2D eigenvalue weighted by atomic mass is 16.5. The Balaban J connectivity index is 2.23. The SMILES string of the molecule is COC(C)CCC(=O)NC1CCCC1CN. The molecule has 4 heteroatoms. The molecule has 0 heterocycles. The number of methoxy groups -OCH3 is 1. The predicted octanol–water partition coefficient (Wildman–Crippen LogP) is 1.05. The number of amides is 1. The van der Waals surface area contributed by atoms with Crippen LogP contribution in [0.2, 0.25) is 0 Å². The van der Waals surface area contributed by atoms with Crippen molar-refractivity contribution in [3.05, 3.63) is 0 Å². The maximum absolute atomic E-state index is 11.7. The molecule has 1 rings (SSSR count). The van der Waals surface area contributed by atoms with Crippen molar-refractivity contribution in [3.8, 4) is 0 Å². The Bertz CT molecular complexity index is 221. The molecule has 0 saturated heterocycles. The molecule has 0 aromatic carbocycles. The summed E-state index contributed by atoms with van der Waals surface area (Å²) in [6, 6.07) is 0.301. The molecule has 3 N–H and O–H groups in total. The number of hydrogen-bond donors (Lipinski definition) is 2. The summed E-state index contributed by atoms with van der Waals surface area (Å²) in [6.45, 7) is 2.66. The summed E-state index contributed by atoms with van der Waals surface area (Å²) in [5, 5.41) is 3.08. The zero-order valence-corrected chi connectivity index (χ0v) is 10.4. The zero-order valence-electron chi connectivity index (χ0n) is 10.4. The van der Waals surface area contributed by atoms with Gasteiger partial charge in [0.2, 0.25) is 5.91 Å². The topological polar surface area (TPSA) is 64.3 Å². The van der Waals surface area contributed by atoms with Gasteiger partial charge < -0.3 is 15.8 Å². The van der Waals surface area contributed by atoms with E-state index in [9.17, 15) is 4.79 Å². The van der Waals surface area contributed by atoms with Gasteiger partial charge in [0.15, 0.2) is 0 Å². The molecule has 0 spiro atoms. The number of hydrogen-bond acceptors (Lipinski definition) is 3. The average Bonchev–Trinajstić information content (AvgIpc) is 2.73. The first-order valence-corrected chi connectivity index (χ1v) is 6.19. The summed E-state index contributed by atoms with van der Waals surface area (Å²) in [7, 11) is 1.67. The lowest BCUT2D eigenvalue weighted by Gasteiger charge is -2.19. The lowest BCUT2D eigenvalue weighted by Crippen LogP contribution is -2.40. The smallest absolute Gasteiger partial charge is 0.220 e. The molecule has 4 nitrogen and oxygen atoms in total. The third-order valence-electron chi connectivity index (χ3n) is 3.49. The van der Waals surface area contributed by atoms with Crippen LogP contribution in [0.1, 0.15) is 39.0 Å². The number of rotatable bonds is 6. The van der Waals surface area contributed by atoms with E-state index in [1.807, 2.05) is 6.92 Å². The van der Waals surface area contributed by atoms with Crippen LogP contribution in [0.15, 0.2) is 0 Å². The third-order valence-corrected chi connectivity index (χ3v) is 3.49. The molecule has 1 amide bonds. The molecule has 1 aliphatic carbocycles. The fourth-order valence-corrected chi connectivity index (χ4v) is 2.24.